The predicted octanol–water partition coefficient (Wildman–Crippen LogP) is 12.9. The molecule has 6 heteroatoms. The fraction of sp³-hybridized carbons (Fsp3) is 0.488. The molecule has 3 nitrogen and oxygen atoms in total. The first-order chi connectivity index (χ1) is 23.1. The minimum Gasteiger partial charge on any atom is -0.494 e. The van der Waals surface area contributed by atoms with Gasteiger partial charge in [0, 0.05) is 29.3 Å². The molecule has 252 valence electrons. The third-order valence-electron chi connectivity index (χ3n) is 8.97. The van der Waals surface area contributed by atoms with Gasteiger partial charge >= 0.3 is 0 Å². The molecule has 0 aliphatic carbocycles. The SMILES string of the molecule is CCCCCCc1ccc(-c2ccc(-c3sc(-c4ccc(OCCCCCCCCCCCCn5cc[n+](C)c5)cc4)cc3C)s2)s1. The second-order valence-corrected chi connectivity index (χ2v) is 16.4. The van der Waals surface area contributed by atoms with E-state index < -0.39 is 0 Å². The number of hydrogen-bond donors (Lipinski definition) is 0. The Bertz CT molecular complexity index is 1590. The smallest absolute Gasteiger partial charge is 0.243 e. The largest absolute Gasteiger partial charge is 0.494 e. The van der Waals surface area contributed by atoms with Gasteiger partial charge in [-0.2, -0.15) is 0 Å². The Morgan fingerprint density at radius 3 is 2.04 bits per heavy atom. The molecule has 5 rings (SSSR count). The van der Waals surface area contributed by atoms with E-state index in [0.717, 1.165) is 25.3 Å². The highest BCUT2D eigenvalue weighted by Crippen LogP contribution is 2.44. The molecule has 4 aromatic heterocycles. The molecule has 0 amide bonds. The highest BCUT2D eigenvalue weighted by atomic mass is 32.1. The zero-order chi connectivity index (χ0) is 32.7. The maximum absolute atomic E-state index is 6.09. The van der Waals surface area contributed by atoms with Crippen molar-refractivity contribution in [3.05, 3.63) is 83.8 Å². The molecule has 47 heavy (non-hydrogen) atoms. The van der Waals surface area contributed by atoms with Crippen molar-refractivity contribution in [2.75, 3.05) is 6.61 Å². The van der Waals surface area contributed by atoms with Crippen LogP contribution in [0.4, 0.5) is 0 Å². The normalized spacial score (nSPS) is 11.5. The van der Waals surface area contributed by atoms with Gasteiger partial charge in [-0.15, -0.1) is 34.0 Å². The van der Waals surface area contributed by atoms with Gasteiger partial charge in [0.05, 0.1) is 20.2 Å². The van der Waals surface area contributed by atoms with E-state index in [0.29, 0.717) is 0 Å². The van der Waals surface area contributed by atoms with Gasteiger partial charge in [0.2, 0.25) is 6.33 Å². The number of aryl methyl sites for hydroxylation is 4. The average Bonchev–Trinajstić information content (AvgIpc) is 3.90. The van der Waals surface area contributed by atoms with Crippen molar-refractivity contribution < 1.29 is 9.30 Å². The van der Waals surface area contributed by atoms with Gasteiger partial charge in [0.15, 0.2) is 0 Å². The van der Waals surface area contributed by atoms with Crippen LogP contribution in [0, 0.1) is 6.92 Å². The number of imidazole rings is 1. The summed E-state index contributed by atoms with van der Waals surface area (Å²) in [5.41, 5.74) is 2.63. The predicted molar refractivity (Wildman–Crippen MR) is 206 cm³/mol. The topological polar surface area (TPSA) is 18.0 Å². The molecule has 0 aliphatic rings. The Kier molecular flexibility index (Phi) is 14.7. The summed E-state index contributed by atoms with van der Waals surface area (Å²) in [6.45, 7) is 6.49. The summed E-state index contributed by atoms with van der Waals surface area (Å²) in [4.78, 5) is 8.42. The monoisotopic (exact) mass is 687 g/mol. The zero-order valence-electron chi connectivity index (χ0n) is 29.0. The van der Waals surface area contributed by atoms with E-state index in [1.165, 1.54) is 130 Å². The van der Waals surface area contributed by atoms with Gasteiger partial charge in [0.25, 0.3) is 0 Å². The van der Waals surface area contributed by atoms with Crippen molar-refractivity contribution in [3.63, 3.8) is 0 Å². The molecule has 0 N–H and O–H groups in total. The third kappa shape index (κ3) is 11.5. The summed E-state index contributed by atoms with van der Waals surface area (Å²) < 4.78 is 10.5. The molecule has 5 aromatic rings. The Morgan fingerprint density at radius 2 is 1.32 bits per heavy atom. The van der Waals surface area contributed by atoms with Crippen LogP contribution in [-0.4, -0.2) is 11.2 Å². The highest BCUT2D eigenvalue weighted by Gasteiger charge is 2.14. The lowest BCUT2D eigenvalue weighted by Gasteiger charge is -2.07. The molecule has 0 fully saturated rings. The van der Waals surface area contributed by atoms with Crippen molar-refractivity contribution in [3.8, 4) is 35.7 Å². The molecule has 0 atom stereocenters. The minimum atomic E-state index is 0.812. The lowest BCUT2D eigenvalue weighted by Crippen LogP contribution is -2.23. The fourth-order valence-electron chi connectivity index (χ4n) is 6.18. The first-order valence-electron chi connectivity index (χ1n) is 18.1. The highest BCUT2D eigenvalue weighted by molar-refractivity contribution is 7.27. The second-order valence-electron chi connectivity index (χ2n) is 13.1. The van der Waals surface area contributed by atoms with E-state index in [9.17, 15) is 0 Å². The van der Waals surface area contributed by atoms with Crippen molar-refractivity contribution in [1.29, 1.82) is 0 Å². The molecule has 0 unspecified atom stereocenters. The van der Waals surface area contributed by atoms with Crippen LogP contribution in [-0.2, 0) is 20.0 Å². The third-order valence-corrected chi connectivity index (χ3v) is 12.9. The van der Waals surface area contributed by atoms with Crippen LogP contribution in [0.2, 0.25) is 0 Å². The van der Waals surface area contributed by atoms with E-state index >= 15 is 0 Å². The summed E-state index contributed by atoms with van der Waals surface area (Å²) in [6, 6.07) is 20.4. The molecule has 0 bridgehead atoms. The Hall–Kier alpha value is -2.67. The fourth-order valence-corrected chi connectivity index (χ4v) is 9.68. The van der Waals surface area contributed by atoms with Crippen molar-refractivity contribution in [2.45, 2.75) is 117 Å². The lowest BCUT2D eigenvalue weighted by atomic mass is 10.1. The van der Waals surface area contributed by atoms with Gasteiger partial charge in [-0.3, -0.25) is 0 Å². The zero-order valence-corrected chi connectivity index (χ0v) is 31.4. The summed E-state index contributed by atoms with van der Waals surface area (Å²) in [5.74, 6) is 0.983. The second kappa shape index (κ2) is 19.4. The first kappa shape index (κ1) is 35.6. The molecule has 4 heterocycles. The quantitative estimate of drug-likeness (QED) is 0.0523. The molecule has 0 radical (unpaired) electrons. The molecule has 0 saturated carbocycles. The van der Waals surface area contributed by atoms with Gasteiger partial charge < -0.3 is 4.74 Å². The summed E-state index contributed by atoms with van der Waals surface area (Å²) in [5, 5.41) is 0. The van der Waals surface area contributed by atoms with E-state index in [-0.39, 0.29) is 0 Å². The summed E-state index contributed by atoms with van der Waals surface area (Å²) >= 11 is 5.82. The van der Waals surface area contributed by atoms with Gasteiger partial charge in [-0.1, -0.05) is 71.1 Å². The standard InChI is InChI=1S/C41H55N2OS3/c1-4-5-6-15-18-36-23-24-37(45-36)38-25-26-39(46-38)41-33(2)31-40(47-41)34-19-21-35(22-20-34)44-30-17-14-12-10-8-7-9-11-13-16-27-43-29-28-42(3)32-43/h19-26,28-29,31-32H,4-18,27,30H2,1-3H3/q+1. The van der Waals surface area contributed by atoms with Crippen molar-refractivity contribution in [2.24, 2.45) is 7.05 Å². The first-order valence-corrected chi connectivity index (χ1v) is 20.6. The average molecular weight is 688 g/mol. The van der Waals surface area contributed by atoms with Crippen LogP contribution in [0.25, 0.3) is 29.9 Å². The van der Waals surface area contributed by atoms with Crippen LogP contribution in [0.3, 0.4) is 0 Å². The number of thiophene rings is 3. The van der Waals surface area contributed by atoms with Crippen LogP contribution < -0.4 is 9.30 Å². The van der Waals surface area contributed by atoms with Crippen LogP contribution in [0.5, 0.6) is 5.75 Å². The molecule has 0 spiro atoms. The Balaban J connectivity index is 0.961. The number of hydrogen-bond acceptors (Lipinski definition) is 4. The number of aromatic nitrogens is 2. The van der Waals surface area contributed by atoms with Crippen molar-refractivity contribution >= 4 is 34.0 Å². The van der Waals surface area contributed by atoms with E-state index in [1.807, 2.05) is 34.0 Å². The molecule has 0 aliphatic heterocycles. The van der Waals surface area contributed by atoms with Crippen LogP contribution in [0.15, 0.2) is 73.3 Å². The summed E-state index contributed by atoms with van der Waals surface area (Å²) in [7, 11) is 2.08. The van der Waals surface area contributed by atoms with E-state index in [2.05, 4.69) is 103 Å². The van der Waals surface area contributed by atoms with Crippen molar-refractivity contribution in [1.82, 2.24) is 4.57 Å². The molecular weight excluding hydrogens is 633 g/mol. The van der Waals surface area contributed by atoms with Crippen LogP contribution >= 0.6 is 34.0 Å². The van der Waals surface area contributed by atoms with E-state index in [1.54, 1.807) is 0 Å². The Labute approximate surface area is 296 Å². The number of rotatable bonds is 22. The van der Waals surface area contributed by atoms with Gasteiger partial charge in [-0.25, -0.2) is 9.13 Å². The van der Waals surface area contributed by atoms with E-state index in [4.69, 9.17) is 4.74 Å². The van der Waals surface area contributed by atoms with Gasteiger partial charge in [0.1, 0.15) is 18.1 Å². The van der Waals surface area contributed by atoms with Crippen LogP contribution in [0.1, 0.15) is 107 Å². The lowest BCUT2D eigenvalue weighted by molar-refractivity contribution is -0.671. The minimum absolute atomic E-state index is 0.812. The number of nitrogens with zero attached hydrogens (tertiary/aromatic N) is 2. The van der Waals surface area contributed by atoms with Gasteiger partial charge in [-0.05, 0) is 105 Å². The number of ether oxygens (including phenoxy) is 1. The molecule has 1 aromatic carbocycles. The summed E-state index contributed by atoms with van der Waals surface area (Å²) in [6.07, 6.45) is 26.2. The maximum Gasteiger partial charge on any atom is 0.243 e. The molecular formula is C41H55N2OS3+. The maximum atomic E-state index is 6.09. The Morgan fingerprint density at radius 1 is 0.660 bits per heavy atom. The number of benzene rings is 1. The number of unbranched alkanes of at least 4 members (excludes halogenated alkanes) is 12. The molecule has 0 saturated heterocycles.